The molecule has 0 aliphatic carbocycles. The molecular formula is C31H34ClN7O. The van der Waals surface area contributed by atoms with E-state index in [0.717, 1.165) is 78.4 Å². The number of ether oxygens (including phenoxy) is 1. The van der Waals surface area contributed by atoms with Crippen LogP contribution in [0.25, 0.3) is 10.8 Å². The van der Waals surface area contributed by atoms with Gasteiger partial charge in [0.1, 0.15) is 12.4 Å². The molecule has 0 amide bonds. The lowest BCUT2D eigenvalue weighted by molar-refractivity contribution is 0.187. The highest BCUT2D eigenvalue weighted by atomic mass is 35.5. The van der Waals surface area contributed by atoms with Gasteiger partial charge in [0.25, 0.3) is 0 Å². The molecule has 5 heterocycles. The zero-order chi connectivity index (χ0) is 27.2. The third-order valence-electron chi connectivity index (χ3n) is 9.03. The molecule has 0 saturated carbocycles. The molecule has 40 heavy (non-hydrogen) atoms. The number of fused-ring (bicyclic) bond motifs is 4. The van der Waals surface area contributed by atoms with Crippen LogP contribution in [0.15, 0.2) is 48.0 Å². The number of nitrogens with zero attached hydrogens (tertiary/aromatic N) is 6. The number of aromatic nitrogens is 2. The molecule has 4 aliphatic rings. The molecule has 3 fully saturated rings. The number of rotatable bonds is 5. The van der Waals surface area contributed by atoms with E-state index in [0.29, 0.717) is 31.2 Å². The standard InChI is InChI=1S/C31H34ClN7O/c1-37-13-4-7-23(37)19-40-31-35-27-18-38(28-9-3-6-20-5-2-8-25(32)29(20)28)14-11-24(27)30(36-31)39-16-22-15-21(10-12-33)26(17-39)34-22/h2-3,5-6,8-10,22-23,26,34H,4,7,11,13-19H2,1H3/b21-10+/t22-,23?,26-/m1/s1. The van der Waals surface area contributed by atoms with Crippen LogP contribution in [-0.2, 0) is 13.0 Å². The van der Waals surface area contributed by atoms with Crippen molar-refractivity contribution < 1.29 is 4.74 Å². The fourth-order valence-electron chi connectivity index (χ4n) is 6.96. The zero-order valence-corrected chi connectivity index (χ0v) is 23.6. The number of anilines is 2. The number of piperazine rings is 1. The Morgan fingerprint density at radius 3 is 2.85 bits per heavy atom. The SMILES string of the molecule is CN1CCCC1COc1nc2c(c(N3C[C@H]4C/C(=C\C#N)[C@@H](C3)N4)n1)CCN(c1cccc3cccc(Cl)c13)C2. The second-order valence-electron chi connectivity index (χ2n) is 11.5. The van der Waals surface area contributed by atoms with Crippen molar-refractivity contribution in [2.24, 2.45) is 0 Å². The third-order valence-corrected chi connectivity index (χ3v) is 9.35. The molecule has 3 atom stereocenters. The predicted octanol–water partition coefficient (Wildman–Crippen LogP) is 4.32. The third kappa shape index (κ3) is 4.66. The number of benzene rings is 2. The fourth-order valence-corrected chi connectivity index (χ4v) is 7.24. The summed E-state index contributed by atoms with van der Waals surface area (Å²) in [5.74, 6) is 0.991. The van der Waals surface area contributed by atoms with E-state index in [-0.39, 0.29) is 6.04 Å². The first-order chi connectivity index (χ1) is 19.6. The van der Waals surface area contributed by atoms with Crippen molar-refractivity contribution in [1.29, 1.82) is 5.26 Å². The number of hydrogen-bond donors (Lipinski definition) is 1. The van der Waals surface area contributed by atoms with Crippen molar-refractivity contribution >= 4 is 33.9 Å². The summed E-state index contributed by atoms with van der Waals surface area (Å²) in [6.07, 6.45) is 5.81. The number of halogens is 1. The van der Waals surface area contributed by atoms with E-state index in [9.17, 15) is 5.26 Å². The van der Waals surface area contributed by atoms with Crippen LogP contribution in [-0.4, -0.2) is 72.8 Å². The van der Waals surface area contributed by atoms with Crippen LogP contribution in [0.4, 0.5) is 11.5 Å². The maximum Gasteiger partial charge on any atom is 0.318 e. The number of allylic oxidation sites excluding steroid dienone is 1. The van der Waals surface area contributed by atoms with Crippen molar-refractivity contribution in [3.63, 3.8) is 0 Å². The summed E-state index contributed by atoms with van der Waals surface area (Å²) in [6.45, 7) is 4.89. The number of nitrogens with one attached hydrogen (secondary N) is 1. The van der Waals surface area contributed by atoms with Gasteiger partial charge in [-0.3, -0.25) is 0 Å². The van der Waals surface area contributed by atoms with E-state index in [4.69, 9.17) is 26.3 Å². The van der Waals surface area contributed by atoms with Gasteiger partial charge in [-0.2, -0.15) is 15.2 Å². The second-order valence-corrected chi connectivity index (χ2v) is 11.9. The average molecular weight is 556 g/mol. The summed E-state index contributed by atoms with van der Waals surface area (Å²) in [6, 6.07) is 16.0. The Hall–Kier alpha value is -3.38. The van der Waals surface area contributed by atoms with E-state index < -0.39 is 0 Å². The molecule has 8 nitrogen and oxygen atoms in total. The summed E-state index contributed by atoms with van der Waals surface area (Å²) >= 11 is 6.70. The Morgan fingerprint density at radius 2 is 2.02 bits per heavy atom. The fraction of sp³-hybridized carbons (Fsp3) is 0.452. The van der Waals surface area contributed by atoms with Crippen LogP contribution in [0.3, 0.4) is 0 Å². The molecular weight excluding hydrogens is 522 g/mol. The summed E-state index contributed by atoms with van der Waals surface area (Å²) in [5, 5.41) is 15.9. The minimum atomic E-state index is 0.179. The van der Waals surface area contributed by atoms with Gasteiger partial charge in [-0.05, 0) is 62.4 Å². The summed E-state index contributed by atoms with van der Waals surface area (Å²) in [7, 11) is 2.16. The lowest BCUT2D eigenvalue weighted by Crippen LogP contribution is -2.52. The quantitative estimate of drug-likeness (QED) is 0.466. The molecule has 2 aromatic carbocycles. The van der Waals surface area contributed by atoms with Gasteiger partial charge in [-0.15, -0.1) is 0 Å². The molecule has 2 bridgehead atoms. The zero-order valence-electron chi connectivity index (χ0n) is 22.8. The van der Waals surface area contributed by atoms with Crippen LogP contribution in [0.1, 0.15) is 30.5 Å². The van der Waals surface area contributed by atoms with Crippen LogP contribution in [0.2, 0.25) is 5.02 Å². The second kappa shape index (κ2) is 10.5. The van der Waals surface area contributed by atoms with Crippen molar-refractivity contribution in [3.8, 4) is 12.1 Å². The lowest BCUT2D eigenvalue weighted by Gasteiger charge is -2.37. The minimum Gasteiger partial charge on any atom is -0.462 e. The largest absolute Gasteiger partial charge is 0.462 e. The maximum absolute atomic E-state index is 9.27. The Morgan fingerprint density at radius 1 is 1.15 bits per heavy atom. The van der Waals surface area contributed by atoms with Gasteiger partial charge in [-0.25, -0.2) is 0 Å². The van der Waals surface area contributed by atoms with E-state index in [1.54, 1.807) is 6.08 Å². The Kier molecular flexibility index (Phi) is 6.74. The van der Waals surface area contributed by atoms with Gasteiger partial charge >= 0.3 is 6.01 Å². The molecule has 7 rings (SSSR count). The molecule has 4 aliphatic heterocycles. The first-order valence-corrected chi connectivity index (χ1v) is 14.7. The molecule has 9 heteroatoms. The molecule has 206 valence electrons. The number of nitriles is 1. The first kappa shape index (κ1) is 25.6. The van der Waals surface area contributed by atoms with Crippen molar-refractivity contribution in [1.82, 2.24) is 20.2 Å². The summed E-state index contributed by atoms with van der Waals surface area (Å²) in [4.78, 5) is 17.2. The van der Waals surface area contributed by atoms with E-state index in [2.05, 4.69) is 57.4 Å². The Balaban J connectivity index is 1.23. The van der Waals surface area contributed by atoms with Gasteiger partial charge in [-0.1, -0.05) is 35.9 Å². The van der Waals surface area contributed by atoms with Crippen molar-refractivity contribution in [2.45, 2.75) is 50.4 Å². The van der Waals surface area contributed by atoms with Gasteiger partial charge in [0.2, 0.25) is 0 Å². The number of hydrogen-bond acceptors (Lipinski definition) is 8. The highest BCUT2D eigenvalue weighted by molar-refractivity contribution is 6.36. The van der Waals surface area contributed by atoms with Crippen molar-refractivity contribution in [3.05, 3.63) is 64.3 Å². The molecule has 1 N–H and O–H groups in total. The number of likely N-dealkylation sites (tertiary alicyclic amines) is 1. The topological polar surface area (TPSA) is 80.5 Å². The molecule has 1 aromatic heterocycles. The Bertz CT molecular complexity index is 1510. The smallest absolute Gasteiger partial charge is 0.318 e. The van der Waals surface area contributed by atoms with Crippen molar-refractivity contribution in [2.75, 3.05) is 49.6 Å². The van der Waals surface area contributed by atoms with E-state index in [1.807, 2.05) is 12.1 Å². The van der Waals surface area contributed by atoms with Crippen LogP contribution >= 0.6 is 11.6 Å². The van der Waals surface area contributed by atoms with E-state index >= 15 is 0 Å². The average Bonchev–Trinajstić information content (AvgIpc) is 3.51. The summed E-state index contributed by atoms with van der Waals surface area (Å²) < 4.78 is 6.32. The predicted molar refractivity (Wildman–Crippen MR) is 158 cm³/mol. The Labute approximate surface area is 240 Å². The molecule has 1 unspecified atom stereocenters. The highest BCUT2D eigenvalue weighted by Gasteiger charge is 2.38. The maximum atomic E-state index is 9.27. The lowest BCUT2D eigenvalue weighted by atomic mass is 10.0. The number of likely N-dealkylation sites (N-methyl/N-ethyl adjacent to an activating group) is 1. The summed E-state index contributed by atoms with van der Waals surface area (Å²) in [5.41, 5.74) is 4.56. The van der Waals surface area contributed by atoms with E-state index in [1.165, 1.54) is 17.6 Å². The van der Waals surface area contributed by atoms with Gasteiger partial charge < -0.3 is 24.8 Å². The molecule has 3 saturated heterocycles. The molecule has 0 radical (unpaired) electrons. The highest BCUT2D eigenvalue weighted by Crippen LogP contribution is 2.38. The first-order valence-electron chi connectivity index (χ1n) is 14.3. The monoisotopic (exact) mass is 555 g/mol. The van der Waals surface area contributed by atoms with Gasteiger partial charge in [0.05, 0.1) is 23.3 Å². The normalized spacial score (nSPS) is 25.4. The van der Waals surface area contributed by atoms with Gasteiger partial charge in [0.15, 0.2) is 0 Å². The van der Waals surface area contributed by atoms with Gasteiger partial charge in [0, 0.05) is 60.5 Å². The van der Waals surface area contributed by atoms with Crippen LogP contribution in [0, 0.1) is 11.3 Å². The van der Waals surface area contributed by atoms with Crippen LogP contribution < -0.4 is 19.9 Å². The van der Waals surface area contributed by atoms with Crippen LogP contribution in [0.5, 0.6) is 6.01 Å². The minimum absolute atomic E-state index is 0.179. The molecule has 3 aromatic rings. The molecule has 0 spiro atoms.